The molecule has 52 valence electrons. The summed E-state index contributed by atoms with van der Waals surface area (Å²) in [7, 11) is 1.45. The minimum absolute atomic E-state index is 0.0261. The van der Waals surface area contributed by atoms with Crippen LogP contribution < -0.4 is 0 Å². The molecule has 0 radical (unpaired) electrons. The van der Waals surface area contributed by atoms with Gasteiger partial charge in [-0.25, -0.2) is 0 Å². The van der Waals surface area contributed by atoms with Crippen molar-refractivity contribution in [3.63, 3.8) is 0 Å². The molecule has 0 bridgehead atoms. The van der Waals surface area contributed by atoms with Crippen molar-refractivity contribution in [3.8, 4) is 0 Å². The smallest absolute Gasteiger partial charge is 0.308 e. The second-order valence-electron chi connectivity index (χ2n) is 2.53. The van der Waals surface area contributed by atoms with Gasteiger partial charge in [-0.1, -0.05) is 13.3 Å². The van der Waals surface area contributed by atoms with Crippen LogP contribution in [0.5, 0.6) is 0 Å². The highest BCUT2D eigenvalue weighted by Gasteiger charge is 2.42. The Hall–Kier alpha value is -0.530. The fourth-order valence-corrected chi connectivity index (χ4v) is 1.14. The minimum Gasteiger partial charge on any atom is -0.469 e. The number of hydrogen-bond donors (Lipinski definition) is 0. The van der Waals surface area contributed by atoms with Gasteiger partial charge in [0.05, 0.1) is 13.0 Å². The molecular weight excluding hydrogens is 116 g/mol. The Balaban J connectivity index is 2.25. The normalized spacial score (nSPS) is 31.8. The van der Waals surface area contributed by atoms with Gasteiger partial charge in [-0.05, 0) is 12.3 Å². The largest absolute Gasteiger partial charge is 0.469 e. The van der Waals surface area contributed by atoms with Crippen LogP contribution in [0.2, 0.25) is 0 Å². The molecule has 2 unspecified atom stereocenters. The van der Waals surface area contributed by atoms with Crippen LogP contribution in [0.1, 0.15) is 19.8 Å². The number of rotatable bonds is 2. The number of esters is 1. The lowest BCUT2D eigenvalue weighted by Crippen LogP contribution is -2.03. The van der Waals surface area contributed by atoms with Gasteiger partial charge in [0.15, 0.2) is 0 Å². The zero-order chi connectivity index (χ0) is 6.85. The summed E-state index contributed by atoms with van der Waals surface area (Å²) < 4.78 is 4.57. The molecule has 0 amide bonds. The lowest BCUT2D eigenvalue weighted by molar-refractivity contribution is -0.142. The molecule has 1 aliphatic carbocycles. The van der Waals surface area contributed by atoms with E-state index in [4.69, 9.17) is 0 Å². The van der Waals surface area contributed by atoms with Gasteiger partial charge in [0.2, 0.25) is 0 Å². The van der Waals surface area contributed by atoms with Gasteiger partial charge >= 0.3 is 5.97 Å². The van der Waals surface area contributed by atoms with Crippen LogP contribution in [0.15, 0.2) is 0 Å². The van der Waals surface area contributed by atoms with Gasteiger partial charge in [0, 0.05) is 0 Å². The van der Waals surface area contributed by atoms with Crippen LogP contribution in [0.4, 0.5) is 0 Å². The third-order valence-corrected chi connectivity index (χ3v) is 1.95. The number of carbonyl (C=O) groups is 1. The first-order valence-corrected chi connectivity index (χ1v) is 3.37. The summed E-state index contributed by atoms with van der Waals surface area (Å²) in [5.74, 6) is 0.833. The van der Waals surface area contributed by atoms with E-state index in [0.29, 0.717) is 5.92 Å². The molecule has 2 heteroatoms. The molecular formula is C7H12O2. The molecule has 0 N–H and O–H groups in total. The molecule has 0 aliphatic heterocycles. The van der Waals surface area contributed by atoms with Crippen molar-refractivity contribution in [2.75, 3.05) is 7.11 Å². The van der Waals surface area contributed by atoms with Gasteiger partial charge in [-0.15, -0.1) is 0 Å². The number of methoxy groups -OCH3 is 1. The number of hydrogen-bond acceptors (Lipinski definition) is 2. The predicted molar refractivity (Wildman–Crippen MR) is 33.9 cm³/mol. The van der Waals surface area contributed by atoms with E-state index in [1.54, 1.807) is 0 Å². The molecule has 2 nitrogen and oxygen atoms in total. The van der Waals surface area contributed by atoms with Crippen molar-refractivity contribution in [2.45, 2.75) is 19.8 Å². The SMILES string of the molecule is CCC1CC1C(=O)OC. The zero-order valence-electron chi connectivity index (χ0n) is 5.89. The first-order chi connectivity index (χ1) is 4.29. The number of ether oxygens (including phenoxy) is 1. The minimum atomic E-state index is -0.0261. The topological polar surface area (TPSA) is 26.3 Å². The van der Waals surface area contributed by atoms with E-state index in [1.165, 1.54) is 7.11 Å². The van der Waals surface area contributed by atoms with Gasteiger partial charge < -0.3 is 4.74 Å². The molecule has 1 fully saturated rings. The van der Waals surface area contributed by atoms with Crippen LogP contribution >= 0.6 is 0 Å². The van der Waals surface area contributed by atoms with Crippen LogP contribution in [-0.2, 0) is 9.53 Å². The van der Waals surface area contributed by atoms with Crippen molar-refractivity contribution in [1.82, 2.24) is 0 Å². The van der Waals surface area contributed by atoms with Crippen molar-refractivity contribution in [1.29, 1.82) is 0 Å². The quantitative estimate of drug-likeness (QED) is 0.522. The monoisotopic (exact) mass is 128 g/mol. The third kappa shape index (κ3) is 1.23. The Morgan fingerprint density at radius 2 is 2.44 bits per heavy atom. The highest BCUT2D eigenvalue weighted by Crippen LogP contribution is 2.41. The van der Waals surface area contributed by atoms with E-state index in [2.05, 4.69) is 11.7 Å². The Morgan fingerprint density at radius 1 is 1.78 bits per heavy atom. The second kappa shape index (κ2) is 2.38. The molecule has 0 spiro atoms. The van der Waals surface area contributed by atoms with E-state index in [-0.39, 0.29) is 11.9 Å². The molecule has 1 saturated carbocycles. The maximum Gasteiger partial charge on any atom is 0.308 e. The molecule has 0 aromatic carbocycles. The maximum absolute atomic E-state index is 10.7. The highest BCUT2D eigenvalue weighted by molar-refractivity contribution is 5.75. The van der Waals surface area contributed by atoms with Crippen LogP contribution in [0, 0.1) is 11.8 Å². The summed E-state index contributed by atoms with van der Waals surface area (Å²) in [4.78, 5) is 10.7. The average Bonchev–Trinajstić information content (AvgIpc) is 2.64. The Kier molecular flexibility index (Phi) is 1.74. The fourth-order valence-electron chi connectivity index (χ4n) is 1.14. The van der Waals surface area contributed by atoms with Crippen LogP contribution in [0.3, 0.4) is 0 Å². The van der Waals surface area contributed by atoms with E-state index < -0.39 is 0 Å². The summed E-state index contributed by atoms with van der Waals surface area (Å²) in [6.45, 7) is 2.10. The van der Waals surface area contributed by atoms with E-state index in [9.17, 15) is 4.79 Å². The lowest BCUT2D eigenvalue weighted by atomic mass is 10.2. The predicted octanol–water partition coefficient (Wildman–Crippen LogP) is 1.21. The fraction of sp³-hybridized carbons (Fsp3) is 0.857. The first kappa shape index (κ1) is 6.59. The van der Waals surface area contributed by atoms with E-state index in [1.807, 2.05) is 0 Å². The summed E-state index contributed by atoms with van der Waals surface area (Å²) >= 11 is 0. The van der Waals surface area contributed by atoms with Gasteiger partial charge in [-0.2, -0.15) is 0 Å². The molecule has 0 saturated heterocycles. The van der Waals surface area contributed by atoms with Gasteiger partial charge in [0.25, 0.3) is 0 Å². The summed E-state index contributed by atoms with van der Waals surface area (Å²) in [5.41, 5.74) is 0. The lowest BCUT2D eigenvalue weighted by Gasteiger charge is -1.93. The Morgan fingerprint density at radius 3 is 2.78 bits per heavy atom. The molecule has 0 aromatic rings. The average molecular weight is 128 g/mol. The first-order valence-electron chi connectivity index (χ1n) is 3.37. The molecule has 9 heavy (non-hydrogen) atoms. The molecule has 2 atom stereocenters. The highest BCUT2D eigenvalue weighted by atomic mass is 16.5. The maximum atomic E-state index is 10.7. The van der Waals surface area contributed by atoms with Crippen LogP contribution in [-0.4, -0.2) is 13.1 Å². The third-order valence-electron chi connectivity index (χ3n) is 1.95. The molecule has 1 rings (SSSR count). The Bertz CT molecular complexity index is 120. The van der Waals surface area contributed by atoms with Crippen molar-refractivity contribution in [2.24, 2.45) is 11.8 Å². The van der Waals surface area contributed by atoms with Crippen molar-refractivity contribution < 1.29 is 9.53 Å². The van der Waals surface area contributed by atoms with Crippen molar-refractivity contribution >= 4 is 5.97 Å². The summed E-state index contributed by atoms with van der Waals surface area (Å²) in [6, 6.07) is 0. The Labute approximate surface area is 55.2 Å². The van der Waals surface area contributed by atoms with Crippen LogP contribution in [0.25, 0.3) is 0 Å². The standard InChI is InChI=1S/C7H12O2/c1-3-5-4-6(5)7(8)9-2/h5-6H,3-4H2,1-2H3. The molecule has 0 heterocycles. The zero-order valence-corrected chi connectivity index (χ0v) is 5.89. The van der Waals surface area contributed by atoms with E-state index in [0.717, 1.165) is 12.8 Å². The molecule has 0 aromatic heterocycles. The summed E-state index contributed by atoms with van der Waals surface area (Å²) in [5, 5.41) is 0. The second-order valence-corrected chi connectivity index (χ2v) is 2.53. The van der Waals surface area contributed by atoms with E-state index >= 15 is 0 Å². The summed E-state index contributed by atoms with van der Waals surface area (Å²) in [6.07, 6.45) is 2.16. The van der Waals surface area contributed by atoms with Gasteiger partial charge in [-0.3, -0.25) is 4.79 Å². The van der Waals surface area contributed by atoms with Crippen molar-refractivity contribution in [3.05, 3.63) is 0 Å². The van der Waals surface area contributed by atoms with Gasteiger partial charge in [0.1, 0.15) is 0 Å². The number of carbonyl (C=O) groups excluding carboxylic acids is 1. The molecule has 1 aliphatic rings.